The third kappa shape index (κ3) is 5.22. The van der Waals surface area contributed by atoms with Crippen molar-refractivity contribution >= 4 is 35.1 Å². The van der Waals surface area contributed by atoms with E-state index in [1.807, 2.05) is 0 Å². The smallest absolute Gasteiger partial charge is 0.215 e. The van der Waals surface area contributed by atoms with Crippen molar-refractivity contribution in [3.63, 3.8) is 0 Å². The van der Waals surface area contributed by atoms with Gasteiger partial charge in [0.05, 0.1) is 11.6 Å². The number of benzene rings is 1. The van der Waals surface area contributed by atoms with E-state index in [-0.39, 0.29) is 18.4 Å². The van der Waals surface area contributed by atoms with E-state index in [1.54, 1.807) is 24.1 Å². The van der Waals surface area contributed by atoms with Gasteiger partial charge >= 0.3 is 0 Å². The second kappa shape index (κ2) is 8.00. The highest BCUT2D eigenvalue weighted by atomic mass is 35.5. The molecule has 1 aliphatic rings. The third-order valence-electron chi connectivity index (χ3n) is 3.28. The number of anilines is 2. The predicted molar refractivity (Wildman–Crippen MR) is 93.1 cm³/mol. The second-order valence-electron chi connectivity index (χ2n) is 5.40. The van der Waals surface area contributed by atoms with E-state index in [2.05, 4.69) is 15.0 Å². The minimum Gasteiger partial charge on any atom is -0.363 e. The van der Waals surface area contributed by atoms with Gasteiger partial charge in [0.15, 0.2) is 0 Å². The lowest BCUT2D eigenvalue weighted by molar-refractivity contribution is 0.138. The molecule has 0 spiro atoms. The lowest BCUT2D eigenvalue weighted by Crippen LogP contribution is -2.07. The van der Waals surface area contributed by atoms with Crippen LogP contribution in [0.3, 0.4) is 0 Å². The second-order valence-corrected chi connectivity index (χ2v) is 6.91. The van der Waals surface area contributed by atoms with Crippen LogP contribution in [-0.4, -0.2) is 17.0 Å². The fraction of sp³-hybridized carbons (Fsp3) is 0.312. The molecule has 1 saturated carbocycles. The molecule has 0 radical (unpaired) electrons. The first-order chi connectivity index (χ1) is 11.6. The van der Waals surface area contributed by atoms with E-state index in [0.717, 1.165) is 0 Å². The Hall–Kier alpha value is -1.57. The van der Waals surface area contributed by atoms with Gasteiger partial charge < -0.3 is 14.8 Å². The van der Waals surface area contributed by atoms with Crippen molar-refractivity contribution in [2.45, 2.75) is 24.7 Å². The van der Waals surface area contributed by atoms with Crippen LogP contribution in [0, 0.1) is 11.8 Å². The Morgan fingerprint density at radius 2 is 2.08 bits per heavy atom. The quantitative estimate of drug-likeness (QED) is 0.301. The van der Waals surface area contributed by atoms with Crippen LogP contribution in [0.1, 0.15) is 18.4 Å². The van der Waals surface area contributed by atoms with Gasteiger partial charge in [0.1, 0.15) is 18.4 Å². The van der Waals surface area contributed by atoms with Crippen LogP contribution >= 0.6 is 23.5 Å². The summed E-state index contributed by atoms with van der Waals surface area (Å²) in [5, 5.41) is 3.60. The molecule has 128 valence electrons. The van der Waals surface area contributed by atoms with Crippen LogP contribution in [0.4, 0.5) is 20.3 Å². The summed E-state index contributed by atoms with van der Waals surface area (Å²) in [5.74, 6) is -0.531. The van der Waals surface area contributed by atoms with Gasteiger partial charge in [-0.1, -0.05) is 11.6 Å². The fourth-order valence-corrected chi connectivity index (χ4v) is 2.87. The Labute approximate surface area is 148 Å². The van der Waals surface area contributed by atoms with E-state index in [4.69, 9.17) is 16.3 Å². The number of hydrogen-bond donors (Lipinski definition) is 2. The molecule has 2 aromatic rings. The molecule has 3 rings (SSSR count). The Kier molecular flexibility index (Phi) is 5.76. The van der Waals surface area contributed by atoms with Gasteiger partial charge in [0.2, 0.25) is 5.95 Å². The monoisotopic (exact) mass is 371 g/mol. The number of pyridine rings is 1. The zero-order chi connectivity index (χ0) is 16.9. The highest BCUT2D eigenvalue weighted by Crippen LogP contribution is 2.34. The molecule has 0 saturated heterocycles. The van der Waals surface area contributed by atoms with Crippen LogP contribution in [0.25, 0.3) is 0 Å². The molecular formula is C16H16ClF2N3OS. The fourth-order valence-electron chi connectivity index (χ4n) is 1.92. The molecule has 1 aromatic heterocycles. The summed E-state index contributed by atoms with van der Waals surface area (Å²) in [7, 11) is 0. The van der Waals surface area contributed by atoms with E-state index >= 15 is 0 Å². The van der Waals surface area contributed by atoms with Gasteiger partial charge in [-0.25, -0.2) is 9.37 Å². The molecule has 1 heterocycles. The summed E-state index contributed by atoms with van der Waals surface area (Å²) in [6.07, 6.45) is 2.37. The van der Waals surface area contributed by atoms with E-state index in [0.29, 0.717) is 22.3 Å². The number of ether oxygens (including phenoxy) is 1. The topological polar surface area (TPSA) is 46.2 Å². The summed E-state index contributed by atoms with van der Waals surface area (Å²) in [6, 6.07) is 7.41. The molecule has 1 aromatic carbocycles. The first-order valence-electron chi connectivity index (χ1n) is 7.45. The SMILES string of the molecule is Fc1cc(COCNc2ccc(F)c(Cl)c2)cc(NSC2CC2)n1. The largest absolute Gasteiger partial charge is 0.363 e. The number of aromatic nitrogens is 1. The summed E-state index contributed by atoms with van der Waals surface area (Å²) in [5.41, 5.74) is 1.32. The van der Waals surface area contributed by atoms with Crippen LogP contribution in [0.5, 0.6) is 0 Å². The zero-order valence-electron chi connectivity index (χ0n) is 12.7. The lowest BCUT2D eigenvalue weighted by Gasteiger charge is -2.10. The molecule has 1 aliphatic carbocycles. The zero-order valence-corrected chi connectivity index (χ0v) is 14.3. The van der Waals surface area contributed by atoms with Crippen molar-refractivity contribution in [3.05, 3.63) is 52.7 Å². The minimum absolute atomic E-state index is 0.0417. The Bertz CT molecular complexity index is 716. The predicted octanol–water partition coefficient (Wildman–Crippen LogP) is 4.82. The van der Waals surface area contributed by atoms with Crippen LogP contribution < -0.4 is 10.0 Å². The van der Waals surface area contributed by atoms with E-state index in [1.165, 1.54) is 31.0 Å². The molecule has 4 nitrogen and oxygen atoms in total. The first kappa shape index (κ1) is 17.3. The Morgan fingerprint density at radius 1 is 1.25 bits per heavy atom. The van der Waals surface area contributed by atoms with Gasteiger partial charge in [-0.2, -0.15) is 4.39 Å². The molecule has 0 amide bonds. The van der Waals surface area contributed by atoms with Crippen LogP contribution in [-0.2, 0) is 11.3 Å². The summed E-state index contributed by atoms with van der Waals surface area (Å²) < 4.78 is 35.1. The van der Waals surface area contributed by atoms with E-state index < -0.39 is 11.8 Å². The lowest BCUT2D eigenvalue weighted by atomic mass is 10.3. The summed E-state index contributed by atoms with van der Waals surface area (Å²) in [6.45, 7) is 0.412. The average Bonchev–Trinajstić information content (AvgIpc) is 3.37. The van der Waals surface area contributed by atoms with Gasteiger partial charge in [0.25, 0.3) is 0 Å². The molecule has 0 bridgehead atoms. The highest BCUT2D eigenvalue weighted by Gasteiger charge is 2.22. The maximum Gasteiger partial charge on any atom is 0.215 e. The molecule has 8 heteroatoms. The molecule has 2 N–H and O–H groups in total. The van der Waals surface area contributed by atoms with Gasteiger partial charge in [-0.05, 0) is 60.7 Å². The van der Waals surface area contributed by atoms with Gasteiger partial charge in [-0.3, -0.25) is 0 Å². The molecule has 0 atom stereocenters. The minimum atomic E-state index is -0.548. The van der Waals surface area contributed by atoms with Crippen LogP contribution in [0.15, 0.2) is 30.3 Å². The number of halogens is 3. The third-order valence-corrected chi connectivity index (χ3v) is 4.70. The Balaban J connectivity index is 1.47. The summed E-state index contributed by atoms with van der Waals surface area (Å²) in [4.78, 5) is 3.81. The van der Waals surface area contributed by atoms with E-state index in [9.17, 15) is 8.78 Å². The molecular weight excluding hydrogens is 356 g/mol. The maximum absolute atomic E-state index is 13.5. The molecule has 0 unspecified atom stereocenters. The number of rotatable bonds is 8. The van der Waals surface area contributed by atoms with Gasteiger partial charge in [0, 0.05) is 10.9 Å². The maximum atomic E-state index is 13.5. The van der Waals surface area contributed by atoms with Crippen molar-refractivity contribution in [1.29, 1.82) is 0 Å². The van der Waals surface area contributed by atoms with Crippen molar-refractivity contribution in [3.8, 4) is 0 Å². The van der Waals surface area contributed by atoms with Crippen molar-refractivity contribution < 1.29 is 13.5 Å². The number of nitrogens with zero attached hydrogens (tertiary/aromatic N) is 1. The molecule has 24 heavy (non-hydrogen) atoms. The molecule has 0 aliphatic heterocycles. The molecule has 1 fully saturated rings. The van der Waals surface area contributed by atoms with Crippen LogP contribution in [0.2, 0.25) is 5.02 Å². The first-order valence-corrected chi connectivity index (χ1v) is 8.71. The highest BCUT2D eigenvalue weighted by molar-refractivity contribution is 8.01. The van der Waals surface area contributed by atoms with Gasteiger partial charge in [-0.15, -0.1) is 0 Å². The summed E-state index contributed by atoms with van der Waals surface area (Å²) >= 11 is 7.27. The van der Waals surface area contributed by atoms with Crippen molar-refractivity contribution in [2.24, 2.45) is 0 Å². The number of nitrogens with one attached hydrogen (secondary N) is 2. The average molecular weight is 372 g/mol. The van der Waals surface area contributed by atoms with Crippen molar-refractivity contribution in [2.75, 3.05) is 16.8 Å². The number of hydrogen-bond acceptors (Lipinski definition) is 5. The van der Waals surface area contributed by atoms with Crippen molar-refractivity contribution in [1.82, 2.24) is 4.98 Å². The Morgan fingerprint density at radius 3 is 2.83 bits per heavy atom. The normalized spacial score (nSPS) is 13.8. The standard InChI is InChI=1S/C16H16ClF2N3OS/c17-13-7-11(1-4-14(13)18)20-9-23-8-10-5-15(19)21-16(6-10)22-24-12-2-3-12/h1,4-7,12,20H,2-3,8-9H2,(H,21,22).